The monoisotopic (exact) mass is 230 g/mol. The SMILES string of the molecule is CC(c1ccncc1)C(N)C1C2CCCCC21. The Balaban J connectivity index is 1.69. The van der Waals surface area contributed by atoms with Crippen LogP contribution in [-0.4, -0.2) is 11.0 Å². The standard InChI is InChI=1S/C15H22N2/c1-10(11-6-8-17-9-7-11)15(16)14-12-4-2-3-5-13(12)14/h6-10,12-15H,2-5,16H2,1H3. The lowest BCUT2D eigenvalue weighted by molar-refractivity contribution is 0.469. The Kier molecular flexibility index (Phi) is 2.91. The van der Waals surface area contributed by atoms with Crippen molar-refractivity contribution in [3.63, 3.8) is 0 Å². The number of fused-ring (bicyclic) bond motifs is 1. The number of rotatable bonds is 3. The highest BCUT2D eigenvalue weighted by Gasteiger charge is 2.54. The van der Waals surface area contributed by atoms with Crippen LogP contribution in [0.2, 0.25) is 0 Å². The summed E-state index contributed by atoms with van der Waals surface area (Å²) in [5.41, 5.74) is 7.84. The minimum absolute atomic E-state index is 0.338. The third-order valence-electron chi connectivity index (χ3n) is 4.98. The van der Waals surface area contributed by atoms with Gasteiger partial charge in [0.2, 0.25) is 0 Å². The van der Waals surface area contributed by atoms with Crippen LogP contribution in [0.3, 0.4) is 0 Å². The molecule has 1 heterocycles. The van der Waals surface area contributed by atoms with Crippen molar-refractivity contribution in [3.8, 4) is 0 Å². The molecule has 2 aliphatic carbocycles. The molecule has 2 fully saturated rings. The topological polar surface area (TPSA) is 38.9 Å². The van der Waals surface area contributed by atoms with E-state index >= 15 is 0 Å². The van der Waals surface area contributed by atoms with Crippen LogP contribution < -0.4 is 5.73 Å². The Morgan fingerprint density at radius 1 is 1.18 bits per heavy atom. The normalized spacial score (nSPS) is 34.8. The van der Waals surface area contributed by atoms with Crippen molar-refractivity contribution in [1.29, 1.82) is 0 Å². The molecule has 1 aromatic heterocycles. The van der Waals surface area contributed by atoms with Gasteiger partial charge in [0, 0.05) is 18.4 Å². The summed E-state index contributed by atoms with van der Waals surface area (Å²) in [5, 5.41) is 0. The summed E-state index contributed by atoms with van der Waals surface area (Å²) in [7, 11) is 0. The van der Waals surface area contributed by atoms with Crippen molar-refractivity contribution >= 4 is 0 Å². The first-order valence-electron chi connectivity index (χ1n) is 6.94. The smallest absolute Gasteiger partial charge is 0.0270 e. The van der Waals surface area contributed by atoms with Crippen molar-refractivity contribution in [2.24, 2.45) is 23.5 Å². The molecule has 0 spiro atoms. The highest BCUT2D eigenvalue weighted by Crippen LogP contribution is 2.58. The van der Waals surface area contributed by atoms with E-state index in [9.17, 15) is 0 Å². The maximum Gasteiger partial charge on any atom is 0.0270 e. The molecular weight excluding hydrogens is 208 g/mol. The lowest BCUT2D eigenvalue weighted by Gasteiger charge is -2.20. The molecule has 3 rings (SSSR count). The van der Waals surface area contributed by atoms with Crippen LogP contribution in [0, 0.1) is 17.8 Å². The van der Waals surface area contributed by atoms with Crippen LogP contribution in [0.15, 0.2) is 24.5 Å². The van der Waals surface area contributed by atoms with Crippen molar-refractivity contribution in [3.05, 3.63) is 30.1 Å². The summed E-state index contributed by atoms with van der Waals surface area (Å²) in [6.45, 7) is 2.27. The van der Waals surface area contributed by atoms with Crippen molar-refractivity contribution in [2.75, 3.05) is 0 Å². The van der Waals surface area contributed by atoms with Gasteiger partial charge in [0.15, 0.2) is 0 Å². The average Bonchev–Trinajstić information content (AvgIpc) is 3.12. The molecule has 4 unspecified atom stereocenters. The average molecular weight is 230 g/mol. The predicted molar refractivity (Wildman–Crippen MR) is 69.6 cm³/mol. The summed E-state index contributed by atoms with van der Waals surface area (Å²) in [6.07, 6.45) is 9.44. The number of pyridine rings is 1. The molecule has 0 amide bonds. The second-order valence-electron chi connectivity index (χ2n) is 5.84. The van der Waals surface area contributed by atoms with Gasteiger partial charge in [0.25, 0.3) is 0 Å². The van der Waals surface area contributed by atoms with Gasteiger partial charge in [-0.15, -0.1) is 0 Å². The van der Waals surface area contributed by atoms with Crippen LogP contribution in [-0.2, 0) is 0 Å². The van der Waals surface area contributed by atoms with E-state index in [1.54, 1.807) is 0 Å². The van der Waals surface area contributed by atoms with E-state index in [0.717, 1.165) is 17.8 Å². The summed E-state index contributed by atoms with van der Waals surface area (Å²) in [4.78, 5) is 4.08. The van der Waals surface area contributed by atoms with Gasteiger partial charge in [0.05, 0.1) is 0 Å². The van der Waals surface area contributed by atoms with Gasteiger partial charge in [-0.1, -0.05) is 19.8 Å². The van der Waals surface area contributed by atoms with Crippen molar-refractivity contribution in [2.45, 2.75) is 44.6 Å². The molecule has 2 nitrogen and oxygen atoms in total. The van der Waals surface area contributed by atoms with E-state index in [1.807, 2.05) is 12.4 Å². The van der Waals surface area contributed by atoms with Gasteiger partial charge in [-0.05, 0) is 54.2 Å². The maximum atomic E-state index is 6.49. The third-order valence-corrected chi connectivity index (χ3v) is 4.98. The Hall–Kier alpha value is -0.890. The molecule has 0 radical (unpaired) electrons. The van der Waals surface area contributed by atoms with E-state index in [0.29, 0.717) is 12.0 Å². The summed E-state index contributed by atoms with van der Waals surface area (Å²) in [5.74, 6) is 3.15. The molecule has 2 aliphatic rings. The molecule has 1 aromatic rings. The van der Waals surface area contributed by atoms with Crippen molar-refractivity contribution in [1.82, 2.24) is 4.98 Å². The second kappa shape index (κ2) is 4.41. The Morgan fingerprint density at radius 3 is 2.35 bits per heavy atom. The number of hydrogen-bond acceptors (Lipinski definition) is 2. The van der Waals surface area contributed by atoms with Gasteiger partial charge >= 0.3 is 0 Å². The summed E-state index contributed by atoms with van der Waals surface area (Å²) < 4.78 is 0. The Labute approximate surface area is 104 Å². The van der Waals surface area contributed by atoms with E-state index < -0.39 is 0 Å². The van der Waals surface area contributed by atoms with Crippen LogP contribution in [0.4, 0.5) is 0 Å². The first-order valence-corrected chi connectivity index (χ1v) is 6.94. The number of hydrogen-bond donors (Lipinski definition) is 1. The van der Waals surface area contributed by atoms with Crippen molar-refractivity contribution < 1.29 is 0 Å². The van der Waals surface area contributed by atoms with Crippen LogP contribution in [0.25, 0.3) is 0 Å². The molecule has 4 atom stereocenters. The third kappa shape index (κ3) is 1.99. The molecule has 0 aliphatic heterocycles. The number of aromatic nitrogens is 1. The van der Waals surface area contributed by atoms with E-state index in [4.69, 9.17) is 5.73 Å². The van der Waals surface area contributed by atoms with Gasteiger partial charge in [-0.25, -0.2) is 0 Å². The van der Waals surface area contributed by atoms with Gasteiger partial charge in [0.1, 0.15) is 0 Å². The van der Waals surface area contributed by atoms with Gasteiger partial charge in [-0.3, -0.25) is 4.98 Å². The fourth-order valence-corrected chi connectivity index (χ4v) is 3.84. The minimum Gasteiger partial charge on any atom is -0.327 e. The first-order chi connectivity index (χ1) is 8.29. The van der Waals surface area contributed by atoms with E-state index in [-0.39, 0.29) is 0 Å². The zero-order valence-electron chi connectivity index (χ0n) is 10.5. The largest absolute Gasteiger partial charge is 0.327 e. The fraction of sp³-hybridized carbons (Fsp3) is 0.667. The molecule has 0 saturated heterocycles. The summed E-state index contributed by atoms with van der Waals surface area (Å²) in [6, 6.07) is 4.55. The number of nitrogens with zero attached hydrogens (tertiary/aromatic N) is 1. The Morgan fingerprint density at radius 2 is 1.76 bits per heavy atom. The van der Waals surface area contributed by atoms with Gasteiger partial charge < -0.3 is 5.73 Å². The molecule has 2 saturated carbocycles. The predicted octanol–water partition coefficient (Wildman–Crippen LogP) is 2.95. The molecule has 0 bridgehead atoms. The minimum atomic E-state index is 0.338. The molecule has 2 N–H and O–H groups in total. The molecular formula is C15H22N2. The number of nitrogens with two attached hydrogens (primary N) is 1. The highest BCUT2D eigenvalue weighted by molar-refractivity contribution is 5.19. The highest BCUT2D eigenvalue weighted by atomic mass is 14.8. The maximum absolute atomic E-state index is 6.49. The lowest BCUT2D eigenvalue weighted by Crippen LogP contribution is -2.30. The zero-order valence-corrected chi connectivity index (χ0v) is 10.5. The zero-order chi connectivity index (χ0) is 11.8. The molecule has 92 valence electrons. The second-order valence-corrected chi connectivity index (χ2v) is 5.84. The van der Waals surface area contributed by atoms with E-state index in [1.165, 1.54) is 31.2 Å². The fourth-order valence-electron chi connectivity index (χ4n) is 3.84. The van der Waals surface area contributed by atoms with Crippen LogP contribution >= 0.6 is 0 Å². The van der Waals surface area contributed by atoms with Crippen LogP contribution in [0.1, 0.15) is 44.1 Å². The van der Waals surface area contributed by atoms with Crippen LogP contribution in [0.5, 0.6) is 0 Å². The molecule has 17 heavy (non-hydrogen) atoms. The van der Waals surface area contributed by atoms with E-state index in [2.05, 4.69) is 24.0 Å². The summed E-state index contributed by atoms with van der Waals surface area (Å²) >= 11 is 0. The Bertz CT molecular complexity index is 364. The first kappa shape index (κ1) is 11.2. The van der Waals surface area contributed by atoms with Gasteiger partial charge in [-0.2, -0.15) is 0 Å². The quantitative estimate of drug-likeness (QED) is 0.867. The molecule has 0 aromatic carbocycles. The molecule has 2 heteroatoms. The lowest BCUT2D eigenvalue weighted by atomic mass is 9.90.